The minimum Gasteiger partial charge on any atom is -0.497 e. The van der Waals surface area contributed by atoms with E-state index in [4.69, 9.17) is 4.74 Å². The van der Waals surface area contributed by atoms with Gasteiger partial charge in [0, 0.05) is 4.47 Å². The number of hydrogen-bond acceptors (Lipinski definition) is 1. The van der Waals surface area contributed by atoms with Gasteiger partial charge in [0.25, 0.3) is 0 Å². The van der Waals surface area contributed by atoms with Crippen molar-refractivity contribution in [1.29, 1.82) is 0 Å². The van der Waals surface area contributed by atoms with Crippen molar-refractivity contribution in [3.63, 3.8) is 0 Å². The molecule has 0 unspecified atom stereocenters. The number of fused-ring (bicyclic) bond motifs is 1. The van der Waals surface area contributed by atoms with Crippen molar-refractivity contribution in [3.05, 3.63) is 33.8 Å². The molecule has 1 aliphatic rings. The Labute approximate surface area is 86.5 Å². The minimum atomic E-state index is 0.914. The largest absolute Gasteiger partial charge is 0.497 e. The summed E-state index contributed by atoms with van der Waals surface area (Å²) >= 11 is 3.56. The molecule has 13 heavy (non-hydrogen) atoms. The molecule has 0 N–H and O–H groups in total. The molecule has 1 aromatic carbocycles. The summed E-state index contributed by atoms with van der Waals surface area (Å²) in [6.07, 6.45) is 6.62. The highest BCUT2D eigenvalue weighted by Gasteiger charge is 2.09. The molecule has 1 aromatic rings. The molecule has 2 heteroatoms. The summed E-state index contributed by atoms with van der Waals surface area (Å²) in [4.78, 5) is 0. The predicted molar refractivity (Wildman–Crippen MR) is 58.0 cm³/mol. The molecule has 0 atom stereocenters. The van der Waals surface area contributed by atoms with Crippen molar-refractivity contribution in [2.24, 2.45) is 0 Å². The van der Waals surface area contributed by atoms with E-state index in [1.54, 1.807) is 7.11 Å². The Morgan fingerprint density at radius 2 is 2.23 bits per heavy atom. The van der Waals surface area contributed by atoms with Crippen molar-refractivity contribution in [3.8, 4) is 5.75 Å². The van der Waals surface area contributed by atoms with Crippen LogP contribution >= 0.6 is 15.9 Å². The third kappa shape index (κ3) is 1.63. The Balaban J connectivity index is 2.55. The van der Waals surface area contributed by atoms with Gasteiger partial charge in [0.1, 0.15) is 5.75 Å². The summed E-state index contributed by atoms with van der Waals surface area (Å²) in [5, 5.41) is 0. The van der Waals surface area contributed by atoms with E-state index < -0.39 is 0 Å². The Bertz CT molecular complexity index is 355. The number of ether oxygens (including phenoxy) is 1. The first-order valence-corrected chi connectivity index (χ1v) is 5.13. The Kier molecular flexibility index (Phi) is 2.40. The molecule has 0 saturated heterocycles. The molecule has 0 spiro atoms. The summed E-state index contributed by atoms with van der Waals surface area (Å²) in [7, 11) is 1.70. The summed E-state index contributed by atoms with van der Waals surface area (Å²) in [6, 6.07) is 4.10. The van der Waals surface area contributed by atoms with Gasteiger partial charge in [-0.1, -0.05) is 28.1 Å². The first-order valence-electron chi connectivity index (χ1n) is 4.34. The van der Waals surface area contributed by atoms with Crippen molar-refractivity contribution in [2.75, 3.05) is 7.11 Å². The van der Waals surface area contributed by atoms with E-state index in [-0.39, 0.29) is 0 Å². The lowest BCUT2D eigenvalue weighted by Crippen LogP contribution is -1.96. The molecule has 0 heterocycles. The van der Waals surface area contributed by atoms with Crippen LogP contribution < -0.4 is 4.74 Å². The second kappa shape index (κ2) is 3.54. The van der Waals surface area contributed by atoms with Gasteiger partial charge in [0.05, 0.1) is 7.11 Å². The smallest absolute Gasteiger partial charge is 0.120 e. The molecule has 0 amide bonds. The third-order valence-electron chi connectivity index (χ3n) is 2.30. The topological polar surface area (TPSA) is 9.23 Å². The SMILES string of the molecule is COc1cc(Br)c2c(c1)C=CCC2. The molecule has 68 valence electrons. The molecule has 0 aromatic heterocycles. The van der Waals surface area contributed by atoms with Crippen LogP contribution in [0.15, 0.2) is 22.7 Å². The second-order valence-electron chi connectivity index (χ2n) is 3.12. The fraction of sp³-hybridized carbons (Fsp3) is 0.273. The van der Waals surface area contributed by atoms with Crippen LogP contribution in [0.25, 0.3) is 6.08 Å². The summed E-state index contributed by atoms with van der Waals surface area (Å²) in [6.45, 7) is 0. The molecular weight excluding hydrogens is 228 g/mol. The predicted octanol–water partition coefficient (Wildman–Crippen LogP) is 3.42. The zero-order valence-electron chi connectivity index (χ0n) is 7.51. The van der Waals surface area contributed by atoms with E-state index in [9.17, 15) is 0 Å². The first kappa shape index (κ1) is 8.82. The number of benzene rings is 1. The molecule has 2 rings (SSSR count). The highest BCUT2D eigenvalue weighted by atomic mass is 79.9. The monoisotopic (exact) mass is 238 g/mol. The fourth-order valence-electron chi connectivity index (χ4n) is 1.60. The lowest BCUT2D eigenvalue weighted by Gasteiger charge is -2.13. The van der Waals surface area contributed by atoms with Crippen LogP contribution in [-0.4, -0.2) is 7.11 Å². The lowest BCUT2D eigenvalue weighted by molar-refractivity contribution is 0.414. The van der Waals surface area contributed by atoms with Gasteiger partial charge < -0.3 is 4.74 Å². The van der Waals surface area contributed by atoms with Crippen molar-refractivity contribution < 1.29 is 4.74 Å². The van der Waals surface area contributed by atoms with Gasteiger partial charge in [0.2, 0.25) is 0 Å². The van der Waals surface area contributed by atoms with E-state index in [1.165, 1.54) is 11.1 Å². The number of methoxy groups -OCH3 is 1. The number of rotatable bonds is 1. The van der Waals surface area contributed by atoms with Crippen LogP contribution in [0.3, 0.4) is 0 Å². The van der Waals surface area contributed by atoms with Crippen LogP contribution in [0.4, 0.5) is 0 Å². The second-order valence-corrected chi connectivity index (χ2v) is 3.97. The van der Waals surface area contributed by atoms with Crippen LogP contribution in [0.2, 0.25) is 0 Å². The van der Waals surface area contributed by atoms with Crippen molar-refractivity contribution in [1.82, 2.24) is 0 Å². The average molecular weight is 239 g/mol. The van der Waals surface area contributed by atoms with Gasteiger partial charge >= 0.3 is 0 Å². The van der Waals surface area contributed by atoms with E-state index >= 15 is 0 Å². The number of halogens is 1. The molecule has 0 aliphatic heterocycles. The van der Waals surface area contributed by atoms with Gasteiger partial charge in [-0.15, -0.1) is 0 Å². The van der Waals surface area contributed by atoms with Gasteiger partial charge in [-0.3, -0.25) is 0 Å². The number of hydrogen-bond donors (Lipinski definition) is 0. The lowest BCUT2D eigenvalue weighted by atomic mass is 9.97. The quantitative estimate of drug-likeness (QED) is 0.729. The zero-order valence-corrected chi connectivity index (χ0v) is 9.10. The minimum absolute atomic E-state index is 0.914. The molecule has 0 radical (unpaired) electrons. The standard InChI is InChI=1S/C11H11BrO/c1-13-9-6-8-4-2-3-5-10(8)11(12)7-9/h2,4,6-7H,3,5H2,1H3. The molecule has 0 saturated carbocycles. The molecule has 1 nitrogen and oxygen atoms in total. The van der Waals surface area contributed by atoms with E-state index in [0.29, 0.717) is 0 Å². The van der Waals surface area contributed by atoms with Gasteiger partial charge in [-0.2, -0.15) is 0 Å². The van der Waals surface area contributed by atoms with Crippen LogP contribution in [0, 0.1) is 0 Å². The van der Waals surface area contributed by atoms with Crippen LogP contribution in [0.5, 0.6) is 5.75 Å². The summed E-state index contributed by atoms with van der Waals surface area (Å²) in [5.74, 6) is 0.914. The zero-order chi connectivity index (χ0) is 9.26. The van der Waals surface area contributed by atoms with Gasteiger partial charge in [-0.25, -0.2) is 0 Å². The fourth-order valence-corrected chi connectivity index (χ4v) is 2.25. The maximum Gasteiger partial charge on any atom is 0.120 e. The molecule has 1 aliphatic carbocycles. The number of allylic oxidation sites excluding steroid dienone is 1. The average Bonchev–Trinajstić information content (AvgIpc) is 2.18. The first-order chi connectivity index (χ1) is 6.31. The maximum atomic E-state index is 5.20. The Morgan fingerprint density at radius 1 is 1.38 bits per heavy atom. The van der Waals surface area contributed by atoms with Crippen LogP contribution in [0.1, 0.15) is 17.5 Å². The summed E-state index contributed by atoms with van der Waals surface area (Å²) < 4.78 is 6.36. The van der Waals surface area contributed by atoms with E-state index in [1.807, 2.05) is 6.07 Å². The van der Waals surface area contributed by atoms with E-state index in [2.05, 4.69) is 34.1 Å². The normalized spacial score (nSPS) is 14.0. The highest BCUT2D eigenvalue weighted by molar-refractivity contribution is 9.10. The Morgan fingerprint density at radius 3 is 3.00 bits per heavy atom. The van der Waals surface area contributed by atoms with E-state index in [0.717, 1.165) is 23.1 Å². The highest BCUT2D eigenvalue weighted by Crippen LogP contribution is 2.31. The molecule has 0 fully saturated rings. The van der Waals surface area contributed by atoms with Gasteiger partial charge in [0.15, 0.2) is 0 Å². The Hall–Kier alpha value is -0.760. The maximum absolute atomic E-state index is 5.20. The molecular formula is C11H11BrO. The van der Waals surface area contributed by atoms with Gasteiger partial charge in [-0.05, 0) is 36.1 Å². The van der Waals surface area contributed by atoms with Crippen molar-refractivity contribution in [2.45, 2.75) is 12.8 Å². The third-order valence-corrected chi connectivity index (χ3v) is 3.01. The molecule has 0 bridgehead atoms. The van der Waals surface area contributed by atoms with Crippen molar-refractivity contribution >= 4 is 22.0 Å². The summed E-state index contributed by atoms with van der Waals surface area (Å²) in [5.41, 5.74) is 2.67. The van der Waals surface area contributed by atoms with Crippen LogP contribution in [-0.2, 0) is 6.42 Å².